The van der Waals surface area contributed by atoms with Crippen LogP contribution in [0.3, 0.4) is 0 Å². The number of hydrogen-bond acceptors (Lipinski definition) is 6. The first-order valence-corrected chi connectivity index (χ1v) is 6.99. The van der Waals surface area contributed by atoms with Crippen LogP contribution in [0.25, 0.3) is 0 Å². The number of nitrogens with zero attached hydrogens (tertiary/aromatic N) is 2. The van der Waals surface area contributed by atoms with Crippen molar-refractivity contribution in [2.75, 3.05) is 27.4 Å². The van der Waals surface area contributed by atoms with E-state index >= 15 is 0 Å². The molecule has 0 fully saturated rings. The first-order valence-electron chi connectivity index (χ1n) is 6.99. The van der Waals surface area contributed by atoms with Crippen LogP contribution in [-0.4, -0.2) is 43.4 Å². The highest BCUT2D eigenvalue weighted by Crippen LogP contribution is 2.25. The maximum atomic E-state index is 9.32. The molecule has 0 aliphatic carbocycles. The summed E-state index contributed by atoms with van der Waals surface area (Å²) in [6, 6.07) is 10.6. The van der Waals surface area contributed by atoms with Crippen molar-refractivity contribution in [3.63, 3.8) is 0 Å². The molecule has 1 heterocycles. The zero-order valence-corrected chi connectivity index (χ0v) is 13.0. The highest BCUT2D eigenvalue weighted by molar-refractivity contribution is 6.00. The molecular weight excluding hydrogens is 298 g/mol. The number of aromatic nitrogens is 1. The third-order valence-corrected chi connectivity index (χ3v) is 2.97. The number of methoxy groups -OCH3 is 2. The topological polar surface area (TPSA) is 85.2 Å². The van der Waals surface area contributed by atoms with E-state index in [1.165, 1.54) is 0 Å². The summed E-state index contributed by atoms with van der Waals surface area (Å²) in [5, 5.41) is 9.32. The van der Waals surface area contributed by atoms with Crippen LogP contribution in [0.2, 0.25) is 0 Å². The lowest BCUT2D eigenvalue weighted by Gasteiger charge is -2.11. The van der Waals surface area contributed by atoms with E-state index in [-0.39, 0.29) is 5.84 Å². The summed E-state index contributed by atoms with van der Waals surface area (Å²) in [5.41, 5.74) is 2.62. The Morgan fingerprint density at radius 2 is 1.91 bits per heavy atom. The van der Waals surface area contributed by atoms with Gasteiger partial charge in [-0.05, 0) is 36.4 Å². The van der Waals surface area contributed by atoms with E-state index in [9.17, 15) is 5.21 Å². The number of ether oxygens (including phenoxy) is 3. The molecule has 23 heavy (non-hydrogen) atoms. The van der Waals surface area contributed by atoms with Crippen molar-refractivity contribution in [3.05, 3.63) is 48.2 Å². The molecule has 0 bridgehead atoms. The normalized spacial score (nSPS) is 11.2. The first kappa shape index (κ1) is 16.7. The van der Waals surface area contributed by atoms with Gasteiger partial charge in [-0.1, -0.05) is 0 Å². The van der Waals surface area contributed by atoms with Crippen LogP contribution in [0.4, 0.5) is 0 Å². The molecule has 1 aromatic carbocycles. The lowest BCUT2D eigenvalue weighted by molar-refractivity contribution is 0.206. The fraction of sp³-hybridized carbons (Fsp3) is 0.250. The molecule has 0 aliphatic rings. The van der Waals surface area contributed by atoms with Gasteiger partial charge >= 0.3 is 0 Å². The Hall–Kier alpha value is -2.64. The van der Waals surface area contributed by atoms with Gasteiger partial charge in [0, 0.05) is 13.3 Å². The maximum Gasteiger partial charge on any atom is 0.230 e. The molecule has 7 nitrogen and oxygen atoms in total. The summed E-state index contributed by atoms with van der Waals surface area (Å²) in [4.78, 5) is 8.42. The summed E-state index contributed by atoms with van der Waals surface area (Å²) in [6.45, 7) is 0.844. The quantitative estimate of drug-likeness (QED) is 0.353. The Balaban J connectivity index is 2.23. The Bertz CT molecular complexity index is 644. The third-order valence-electron chi connectivity index (χ3n) is 2.97. The molecule has 0 atom stereocenters. The zero-order valence-electron chi connectivity index (χ0n) is 13.0. The van der Waals surface area contributed by atoms with Crippen molar-refractivity contribution in [1.82, 2.24) is 10.5 Å². The van der Waals surface area contributed by atoms with Crippen LogP contribution in [0.5, 0.6) is 17.4 Å². The number of hydroxylamine groups is 1. The number of rotatable bonds is 7. The monoisotopic (exact) mass is 317 g/mol. The van der Waals surface area contributed by atoms with Crippen molar-refractivity contribution in [2.45, 2.75) is 0 Å². The van der Waals surface area contributed by atoms with Gasteiger partial charge in [0.15, 0.2) is 5.84 Å². The number of amidine groups is 1. The summed E-state index contributed by atoms with van der Waals surface area (Å²) in [6.07, 6.45) is 1.60. The third kappa shape index (κ3) is 4.67. The second-order valence-corrected chi connectivity index (χ2v) is 4.47. The number of hydrogen-bond donors (Lipinski definition) is 2. The molecule has 0 radical (unpaired) electrons. The second-order valence-electron chi connectivity index (χ2n) is 4.47. The second kappa shape index (κ2) is 8.72. The van der Waals surface area contributed by atoms with Crippen molar-refractivity contribution in [2.24, 2.45) is 4.99 Å². The Morgan fingerprint density at radius 1 is 1.17 bits per heavy atom. The van der Waals surface area contributed by atoms with Crippen LogP contribution in [-0.2, 0) is 4.74 Å². The van der Waals surface area contributed by atoms with Crippen LogP contribution < -0.4 is 15.0 Å². The predicted octanol–water partition coefficient (Wildman–Crippen LogP) is 2.25. The molecule has 2 aromatic rings. The van der Waals surface area contributed by atoms with E-state index in [1.54, 1.807) is 56.8 Å². The minimum Gasteiger partial charge on any atom is -0.497 e. The van der Waals surface area contributed by atoms with Crippen molar-refractivity contribution < 1.29 is 19.4 Å². The summed E-state index contributed by atoms with van der Waals surface area (Å²) >= 11 is 0. The molecular formula is C16H19N3O4. The van der Waals surface area contributed by atoms with Gasteiger partial charge in [-0.15, -0.1) is 0 Å². The van der Waals surface area contributed by atoms with E-state index in [4.69, 9.17) is 14.2 Å². The SMILES string of the molecule is COCCN=C(NO)c1cccnc1Oc1ccc(OC)cc1. The van der Waals surface area contributed by atoms with Gasteiger partial charge < -0.3 is 14.2 Å². The smallest absolute Gasteiger partial charge is 0.230 e. The Morgan fingerprint density at radius 3 is 2.57 bits per heavy atom. The molecule has 2 rings (SSSR count). The standard InChI is InChI=1S/C16H19N3O4/c1-21-11-10-17-15(19-20)14-4-3-9-18-16(14)23-13-7-5-12(22-2)6-8-13/h3-9,20H,10-11H2,1-2H3,(H,17,19). The Labute approximate surface area is 134 Å². The van der Waals surface area contributed by atoms with Crippen molar-refractivity contribution in [1.29, 1.82) is 0 Å². The predicted molar refractivity (Wildman–Crippen MR) is 85.5 cm³/mol. The molecule has 7 heteroatoms. The van der Waals surface area contributed by atoms with Gasteiger partial charge in [0.25, 0.3) is 0 Å². The summed E-state index contributed by atoms with van der Waals surface area (Å²) in [7, 11) is 3.19. The number of aliphatic imine (C=N–C) groups is 1. The highest BCUT2D eigenvalue weighted by atomic mass is 16.5. The minimum absolute atomic E-state index is 0.263. The summed E-state index contributed by atoms with van der Waals surface area (Å²) in [5.74, 6) is 1.92. The fourth-order valence-corrected chi connectivity index (χ4v) is 1.84. The average Bonchev–Trinajstić information content (AvgIpc) is 2.60. The van der Waals surface area contributed by atoms with E-state index < -0.39 is 0 Å². The largest absolute Gasteiger partial charge is 0.497 e. The van der Waals surface area contributed by atoms with Crippen LogP contribution in [0.15, 0.2) is 47.6 Å². The molecule has 0 spiro atoms. The molecule has 0 unspecified atom stereocenters. The molecule has 0 saturated carbocycles. The van der Waals surface area contributed by atoms with E-state index in [2.05, 4.69) is 15.5 Å². The lowest BCUT2D eigenvalue weighted by atomic mass is 10.2. The van der Waals surface area contributed by atoms with Gasteiger partial charge in [-0.25, -0.2) is 4.98 Å². The fourth-order valence-electron chi connectivity index (χ4n) is 1.84. The molecule has 0 aliphatic heterocycles. The van der Waals surface area contributed by atoms with Crippen LogP contribution in [0.1, 0.15) is 5.56 Å². The van der Waals surface area contributed by atoms with Gasteiger partial charge in [0.1, 0.15) is 11.5 Å². The number of nitrogens with one attached hydrogen (secondary N) is 1. The zero-order chi connectivity index (χ0) is 16.5. The van der Waals surface area contributed by atoms with E-state index in [0.29, 0.717) is 30.3 Å². The van der Waals surface area contributed by atoms with E-state index in [1.807, 2.05) is 0 Å². The molecule has 0 saturated heterocycles. The van der Waals surface area contributed by atoms with Gasteiger partial charge in [0.2, 0.25) is 5.88 Å². The van der Waals surface area contributed by atoms with Gasteiger partial charge in [0.05, 0.1) is 25.8 Å². The van der Waals surface area contributed by atoms with Gasteiger partial charge in [-0.3, -0.25) is 15.7 Å². The van der Waals surface area contributed by atoms with Crippen LogP contribution in [0, 0.1) is 0 Å². The molecule has 1 aromatic heterocycles. The molecule has 122 valence electrons. The lowest BCUT2D eigenvalue weighted by Crippen LogP contribution is -2.22. The molecule has 0 amide bonds. The van der Waals surface area contributed by atoms with Gasteiger partial charge in [-0.2, -0.15) is 0 Å². The number of benzene rings is 1. The van der Waals surface area contributed by atoms with Crippen molar-refractivity contribution in [3.8, 4) is 17.4 Å². The first-order chi connectivity index (χ1) is 11.3. The minimum atomic E-state index is 0.263. The van der Waals surface area contributed by atoms with Crippen LogP contribution >= 0.6 is 0 Å². The number of pyridine rings is 1. The summed E-state index contributed by atoms with van der Waals surface area (Å²) < 4.78 is 15.8. The van der Waals surface area contributed by atoms with E-state index in [0.717, 1.165) is 5.75 Å². The highest BCUT2D eigenvalue weighted by Gasteiger charge is 2.12. The average molecular weight is 317 g/mol. The Kier molecular flexibility index (Phi) is 6.34. The van der Waals surface area contributed by atoms with Crippen molar-refractivity contribution >= 4 is 5.84 Å². The maximum absolute atomic E-state index is 9.32. The molecule has 2 N–H and O–H groups in total.